The molecule has 2 radical (unpaired) electrons. The highest BCUT2D eigenvalue weighted by atomic mass is 35.5. The lowest BCUT2D eigenvalue weighted by Crippen LogP contribution is -2.35. The Balaban J connectivity index is 2.31. The van der Waals surface area contributed by atoms with Crippen LogP contribution in [0.25, 0.3) is 0 Å². The molecule has 0 unspecified atom stereocenters. The van der Waals surface area contributed by atoms with Crippen molar-refractivity contribution in [1.29, 1.82) is 0 Å². The predicted molar refractivity (Wildman–Crippen MR) is 75.2 cm³/mol. The molecular weight excluding hydrogens is 266 g/mol. The first-order valence-electron chi connectivity index (χ1n) is 5.76. The maximum absolute atomic E-state index is 11.4. The number of carbonyl (C=O) groups excluding carboxylic acids is 1. The van der Waals surface area contributed by atoms with E-state index in [-0.39, 0.29) is 5.28 Å². The van der Waals surface area contributed by atoms with Crippen molar-refractivity contribution in [3.8, 4) is 0 Å². The van der Waals surface area contributed by atoms with Gasteiger partial charge in [-0.25, -0.2) is 14.8 Å². The van der Waals surface area contributed by atoms with Crippen LogP contribution in [0.4, 0.5) is 10.6 Å². The van der Waals surface area contributed by atoms with E-state index in [0.29, 0.717) is 24.4 Å². The monoisotopic (exact) mass is 282 g/mol. The Kier molecular flexibility index (Phi) is 5.41. The van der Waals surface area contributed by atoms with Gasteiger partial charge in [-0.15, -0.1) is 0 Å². The summed E-state index contributed by atoms with van der Waals surface area (Å²) in [6.07, 6.45) is 0.946. The summed E-state index contributed by atoms with van der Waals surface area (Å²) in [7, 11) is 5.66. The van der Waals surface area contributed by atoms with Crippen LogP contribution in [0.3, 0.4) is 0 Å². The van der Waals surface area contributed by atoms with E-state index in [0.717, 1.165) is 0 Å². The van der Waals surface area contributed by atoms with Gasteiger partial charge >= 0.3 is 6.09 Å². The van der Waals surface area contributed by atoms with Gasteiger partial charge in [-0.3, -0.25) is 0 Å². The van der Waals surface area contributed by atoms with Gasteiger partial charge in [-0.2, -0.15) is 0 Å². The lowest BCUT2D eigenvalue weighted by atomic mass is 9.99. The first kappa shape index (κ1) is 15.6. The van der Waals surface area contributed by atoms with E-state index in [1.165, 1.54) is 6.20 Å². The quantitative estimate of drug-likeness (QED) is 0.487. The smallest absolute Gasteiger partial charge is 0.407 e. The highest BCUT2D eigenvalue weighted by molar-refractivity contribution is 6.35. The number of nitrogens with zero attached hydrogens (tertiary/aromatic N) is 2. The van der Waals surface area contributed by atoms with Crippen LogP contribution in [0, 0.1) is 0 Å². The maximum atomic E-state index is 11.4. The van der Waals surface area contributed by atoms with Crippen molar-refractivity contribution in [2.75, 3.05) is 18.4 Å². The molecule has 2 N–H and O–H groups in total. The highest BCUT2D eigenvalue weighted by Crippen LogP contribution is 2.06. The van der Waals surface area contributed by atoms with Gasteiger partial charge < -0.3 is 15.4 Å². The molecule has 0 spiro atoms. The zero-order chi connectivity index (χ0) is 14.5. The third-order valence-electron chi connectivity index (χ3n) is 1.87. The van der Waals surface area contributed by atoms with Gasteiger partial charge in [0.05, 0.1) is 0 Å². The molecule has 1 aromatic heterocycles. The number of rotatable bonds is 4. The van der Waals surface area contributed by atoms with Crippen molar-refractivity contribution in [2.24, 2.45) is 0 Å². The molecule has 0 saturated heterocycles. The summed E-state index contributed by atoms with van der Waals surface area (Å²) in [5.74, 6) is 0.436. The first-order chi connectivity index (χ1) is 8.78. The summed E-state index contributed by atoms with van der Waals surface area (Å²) >= 11 is 5.65. The SMILES string of the molecule is [B]c1cnc(Cl)nc1NCCNC(=O)OC(C)(C)C. The number of anilines is 1. The summed E-state index contributed by atoms with van der Waals surface area (Å²) in [5.41, 5.74) is -0.121. The van der Waals surface area contributed by atoms with Crippen LogP contribution in [-0.2, 0) is 4.74 Å². The summed E-state index contributed by atoms with van der Waals surface area (Å²) in [4.78, 5) is 19.0. The van der Waals surface area contributed by atoms with Crippen molar-refractivity contribution in [3.63, 3.8) is 0 Å². The second-order valence-electron chi connectivity index (χ2n) is 4.80. The highest BCUT2D eigenvalue weighted by Gasteiger charge is 2.15. The van der Waals surface area contributed by atoms with Crippen LogP contribution >= 0.6 is 11.6 Å². The minimum absolute atomic E-state index is 0.108. The minimum atomic E-state index is -0.512. The Morgan fingerprint density at radius 2 is 2.16 bits per heavy atom. The zero-order valence-electron chi connectivity index (χ0n) is 11.2. The van der Waals surface area contributed by atoms with Gasteiger partial charge in [-0.05, 0) is 37.8 Å². The molecule has 0 aliphatic heterocycles. The molecule has 0 aliphatic rings. The second-order valence-corrected chi connectivity index (χ2v) is 5.14. The Morgan fingerprint density at radius 3 is 2.79 bits per heavy atom. The lowest BCUT2D eigenvalue weighted by Gasteiger charge is -2.19. The molecule has 0 aromatic carbocycles. The van der Waals surface area contributed by atoms with Gasteiger partial charge in [-0.1, -0.05) is 0 Å². The molecule has 1 aromatic rings. The van der Waals surface area contributed by atoms with Gasteiger partial charge in [0.25, 0.3) is 0 Å². The molecule has 102 valence electrons. The van der Waals surface area contributed by atoms with Crippen LogP contribution in [-0.4, -0.2) is 42.6 Å². The van der Waals surface area contributed by atoms with E-state index in [2.05, 4.69) is 20.6 Å². The Hall–Kier alpha value is -1.50. The number of amides is 1. The number of carbonyl (C=O) groups is 1. The topological polar surface area (TPSA) is 76.1 Å². The fourth-order valence-corrected chi connectivity index (χ4v) is 1.30. The van der Waals surface area contributed by atoms with Gasteiger partial charge in [0.15, 0.2) is 0 Å². The first-order valence-corrected chi connectivity index (χ1v) is 6.14. The number of hydrogen-bond donors (Lipinski definition) is 2. The summed E-state index contributed by atoms with van der Waals surface area (Å²) in [6.45, 7) is 6.21. The molecule has 1 rings (SSSR count). The lowest BCUT2D eigenvalue weighted by molar-refractivity contribution is 0.0530. The average Bonchev–Trinajstić information content (AvgIpc) is 2.26. The Bertz CT molecular complexity index is 451. The van der Waals surface area contributed by atoms with Gasteiger partial charge in [0, 0.05) is 19.3 Å². The minimum Gasteiger partial charge on any atom is -0.444 e. The molecule has 0 aliphatic carbocycles. The third-order valence-corrected chi connectivity index (χ3v) is 2.06. The number of ether oxygens (including phenoxy) is 1. The average molecular weight is 283 g/mol. The summed E-state index contributed by atoms with van der Waals surface area (Å²) < 4.78 is 5.08. The van der Waals surface area contributed by atoms with Crippen molar-refractivity contribution < 1.29 is 9.53 Å². The van der Waals surface area contributed by atoms with E-state index in [9.17, 15) is 4.79 Å². The van der Waals surface area contributed by atoms with Crippen molar-refractivity contribution >= 4 is 36.8 Å². The fraction of sp³-hybridized carbons (Fsp3) is 0.545. The molecule has 0 atom stereocenters. The molecule has 19 heavy (non-hydrogen) atoms. The van der Waals surface area contributed by atoms with Crippen LogP contribution in [0.15, 0.2) is 6.20 Å². The number of alkyl carbamates (subject to hydrolysis) is 1. The van der Waals surface area contributed by atoms with Crippen LogP contribution in [0.5, 0.6) is 0 Å². The van der Waals surface area contributed by atoms with E-state index in [4.69, 9.17) is 24.2 Å². The van der Waals surface area contributed by atoms with E-state index in [1.807, 2.05) is 0 Å². The zero-order valence-corrected chi connectivity index (χ0v) is 11.9. The van der Waals surface area contributed by atoms with Crippen molar-refractivity contribution in [3.05, 3.63) is 11.5 Å². The normalized spacial score (nSPS) is 10.9. The Labute approximate surface area is 118 Å². The number of hydrogen-bond acceptors (Lipinski definition) is 5. The molecule has 1 amide bonds. The van der Waals surface area contributed by atoms with E-state index in [1.54, 1.807) is 20.8 Å². The number of aromatic nitrogens is 2. The number of halogens is 1. The van der Waals surface area contributed by atoms with Crippen LogP contribution < -0.4 is 16.1 Å². The molecule has 0 bridgehead atoms. The van der Waals surface area contributed by atoms with E-state index < -0.39 is 11.7 Å². The molecule has 1 heterocycles. The number of nitrogens with one attached hydrogen (secondary N) is 2. The third kappa shape index (κ3) is 6.29. The molecular formula is C11H16BClN4O2. The second kappa shape index (κ2) is 6.61. The van der Waals surface area contributed by atoms with E-state index >= 15 is 0 Å². The largest absolute Gasteiger partial charge is 0.444 e. The van der Waals surface area contributed by atoms with Crippen LogP contribution in [0.2, 0.25) is 5.28 Å². The summed E-state index contributed by atoms with van der Waals surface area (Å²) in [6, 6.07) is 0. The molecule has 6 nitrogen and oxygen atoms in total. The predicted octanol–water partition coefficient (Wildman–Crippen LogP) is 0.860. The molecule has 8 heteroatoms. The fourth-order valence-electron chi connectivity index (χ4n) is 1.17. The standard InChI is InChI=1S/C11H16BClN4O2/c1-11(2,3)19-10(18)15-5-4-14-8-7(12)6-16-9(13)17-8/h6H,4-5H2,1-3H3,(H,15,18)(H,14,16,17). The van der Waals surface area contributed by atoms with Crippen molar-refractivity contribution in [1.82, 2.24) is 15.3 Å². The van der Waals surface area contributed by atoms with Gasteiger partial charge in [0.2, 0.25) is 5.28 Å². The molecule has 0 saturated carbocycles. The van der Waals surface area contributed by atoms with Crippen molar-refractivity contribution in [2.45, 2.75) is 26.4 Å². The van der Waals surface area contributed by atoms with Gasteiger partial charge in [0.1, 0.15) is 19.3 Å². The Morgan fingerprint density at radius 1 is 1.47 bits per heavy atom. The molecule has 0 fully saturated rings. The maximum Gasteiger partial charge on any atom is 0.407 e. The van der Waals surface area contributed by atoms with Crippen LogP contribution in [0.1, 0.15) is 20.8 Å². The summed E-state index contributed by atoms with van der Waals surface area (Å²) in [5, 5.41) is 5.65.